The maximum absolute atomic E-state index is 13.1. The second kappa shape index (κ2) is 6.57. The molecule has 1 saturated carbocycles. The Morgan fingerprint density at radius 3 is 2.56 bits per heavy atom. The molecule has 0 spiro atoms. The van der Waals surface area contributed by atoms with E-state index in [4.69, 9.17) is 5.73 Å². The van der Waals surface area contributed by atoms with Gasteiger partial charge in [0.05, 0.1) is 5.56 Å². The van der Waals surface area contributed by atoms with Crippen LogP contribution in [0.5, 0.6) is 0 Å². The zero-order valence-electron chi connectivity index (χ0n) is 13.6. The van der Waals surface area contributed by atoms with E-state index in [-0.39, 0.29) is 18.0 Å². The molecule has 0 bridgehead atoms. The van der Waals surface area contributed by atoms with Crippen molar-refractivity contribution in [2.24, 2.45) is 11.7 Å². The zero-order valence-corrected chi connectivity index (χ0v) is 13.6. The molecule has 3 N–H and O–H groups in total. The van der Waals surface area contributed by atoms with Gasteiger partial charge in [0.1, 0.15) is 6.04 Å². The van der Waals surface area contributed by atoms with Crippen LogP contribution in [-0.4, -0.2) is 24.5 Å². The summed E-state index contributed by atoms with van der Waals surface area (Å²) in [6, 6.07) is 1.74. The molecule has 8 heteroatoms. The topological polar surface area (TPSA) is 75.4 Å². The Labute approximate surface area is 143 Å². The Bertz CT molecular complexity index is 684. The van der Waals surface area contributed by atoms with Crippen molar-refractivity contribution in [3.05, 3.63) is 29.3 Å². The third kappa shape index (κ3) is 3.72. The molecule has 0 aromatic heterocycles. The lowest BCUT2D eigenvalue weighted by molar-refractivity contribution is -0.137. The predicted molar refractivity (Wildman–Crippen MR) is 86.0 cm³/mol. The minimum Gasteiger partial charge on any atom is -0.352 e. The highest BCUT2D eigenvalue weighted by atomic mass is 19.4. The van der Waals surface area contributed by atoms with E-state index >= 15 is 0 Å². The third-order valence-electron chi connectivity index (χ3n) is 4.92. The molecule has 0 radical (unpaired) electrons. The highest BCUT2D eigenvalue weighted by molar-refractivity contribution is 6.02. The quantitative estimate of drug-likeness (QED) is 0.875. The number of alkyl halides is 3. The van der Waals surface area contributed by atoms with Crippen LogP contribution in [0, 0.1) is 5.92 Å². The number of rotatable bonds is 3. The Morgan fingerprint density at radius 1 is 1.28 bits per heavy atom. The number of nitrogens with two attached hydrogens (primary N) is 1. The van der Waals surface area contributed by atoms with Crippen LogP contribution in [-0.2, 0) is 17.4 Å². The number of amides is 3. The zero-order chi connectivity index (χ0) is 18.2. The van der Waals surface area contributed by atoms with E-state index in [1.807, 2.05) is 0 Å². The van der Waals surface area contributed by atoms with Gasteiger partial charge in [-0.3, -0.25) is 4.79 Å². The van der Waals surface area contributed by atoms with Gasteiger partial charge in [0, 0.05) is 18.7 Å². The second-order valence-electron chi connectivity index (χ2n) is 6.71. The summed E-state index contributed by atoms with van der Waals surface area (Å²) in [7, 11) is 0. The van der Waals surface area contributed by atoms with Crippen molar-refractivity contribution in [3.63, 3.8) is 0 Å². The van der Waals surface area contributed by atoms with Crippen molar-refractivity contribution in [2.45, 2.75) is 44.3 Å². The maximum atomic E-state index is 13.1. The molecule has 3 rings (SSSR count). The van der Waals surface area contributed by atoms with Crippen LogP contribution >= 0.6 is 0 Å². The first kappa shape index (κ1) is 17.6. The molecular formula is C17H20F3N3O2. The van der Waals surface area contributed by atoms with Gasteiger partial charge in [-0.25, -0.2) is 4.79 Å². The first-order valence-corrected chi connectivity index (χ1v) is 8.33. The van der Waals surface area contributed by atoms with E-state index in [0.29, 0.717) is 12.1 Å². The summed E-state index contributed by atoms with van der Waals surface area (Å²) in [6.45, 7) is 0.365. The molecule has 1 heterocycles. The molecule has 1 aliphatic carbocycles. The second-order valence-corrected chi connectivity index (χ2v) is 6.71. The van der Waals surface area contributed by atoms with Crippen molar-refractivity contribution in [2.75, 3.05) is 11.4 Å². The van der Waals surface area contributed by atoms with Crippen LogP contribution in [0.4, 0.5) is 23.7 Å². The van der Waals surface area contributed by atoms with Crippen LogP contribution in [0.15, 0.2) is 18.2 Å². The van der Waals surface area contributed by atoms with Gasteiger partial charge in [0.25, 0.3) is 0 Å². The first-order chi connectivity index (χ1) is 11.8. The number of primary amides is 1. The van der Waals surface area contributed by atoms with Gasteiger partial charge < -0.3 is 16.0 Å². The van der Waals surface area contributed by atoms with E-state index in [2.05, 4.69) is 5.32 Å². The molecule has 2 aliphatic rings. The van der Waals surface area contributed by atoms with Crippen LogP contribution in [0.3, 0.4) is 0 Å². The van der Waals surface area contributed by atoms with Gasteiger partial charge in [-0.15, -0.1) is 0 Å². The molecule has 25 heavy (non-hydrogen) atoms. The lowest BCUT2D eigenvalue weighted by Crippen LogP contribution is -2.55. The number of urea groups is 1. The molecule has 0 saturated heterocycles. The van der Waals surface area contributed by atoms with Crippen molar-refractivity contribution in [1.29, 1.82) is 0 Å². The number of nitrogens with zero attached hydrogens (tertiary/aromatic N) is 1. The summed E-state index contributed by atoms with van der Waals surface area (Å²) in [4.78, 5) is 25.3. The van der Waals surface area contributed by atoms with E-state index in [1.54, 1.807) is 0 Å². The number of benzene rings is 1. The average Bonchev–Trinajstić information content (AvgIpc) is 3.02. The number of hydrogen-bond donors (Lipinski definition) is 2. The van der Waals surface area contributed by atoms with Gasteiger partial charge in [0.15, 0.2) is 0 Å². The van der Waals surface area contributed by atoms with Crippen LogP contribution in [0.2, 0.25) is 0 Å². The number of halogens is 3. The third-order valence-corrected chi connectivity index (χ3v) is 4.92. The Balaban J connectivity index is 1.97. The molecule has 3 amide bonds. The lowest BCUT2D eigenvalue weighted by atomic mass is 9.94. The summed E-state index contributed by atoms with van der Waals surface area (Å²) >= 11 is 0. The fourth-order valence-corrected chi connectivity index (χ4v) is 3.70. The molecule has 0 unspecified atom stereocenters. The Hall–Kier alpha value is -2.25. The normalized spacial score (nSPS) is 21.3. The van der Waals surface area contributed by atoms with Crippen molar-refractivity contribution >= 4 is 17.6 Å². The molecule has 1 aliphatic heterocycles. The number of nitrogens with one attached hydrogen (secondary N) is 1. The summed E-state index contributed by atoms with van der Waals surface area (Å²) in [6.07, 6.45) is -0.315. The molecule has 1 aromatic rings. The molecular weight excluding hydrogens is 335 g/mol. The standard InChI is InChI=1S/C17H20F3N3O2/c18-17(19,20)12-6-5-11-7-13(22-16(21)25)15(24)23(14(11)8-12)9-10-3-1-2-4-10/h5-6,8,10,13H,1-4,7,9H2,(H3,21,22,25)/t13-/m1/s1. The van der Waals surface area contributed by atoms with E-state index in [9.17, 15) is 22.8 Å². The van der Waals surface area contributed by atoms with Crippen molar-refractivity contribution in [3.8, 4) is 0 Å². The highest BCUT2D eigenvalue weighted by Crippen LogP contribution is 2.37. The minimum atomic E-state index is -4.47. The van der Waals surface area contributed by atoms with Gasteiger partial charge in [-0.1, -0.05) is 18.9 Å². The molecule has 1 aromatic carbocycles. The SMILES string of the molecule is NC(=O)N[C@@H]1Cc2ccc(C(F)(F)F)cc2N(CC2CCCC2)C1=O. The average molecular weight is 355 g/mol. The van der Waals surface area contributed by atoms with Crippen LogP contribution < -0.4 is 16.0 Å². The highest BCUT2D eigenvalue weighted by Gasteiger charge is 2.38. The fraction of sp³-hybridized carbons (Fsp3) is 0.529. The van der Waals surface area contributed by atoms with E-state index < -0.39 is 29.7 Å². The molecule has 136 valence electrons. The van der Waals surface area contributed by atoms with Crippen molar-refractivity contribution < 1.29 is 22.8 Å². The van der Waals surface area contributed by atoms with Gasteiger partial charge in [-0.2, -0.15) is 13.2 Å². The minimum absolute atomic E-state index is 0.135. The summed E-state index contributed by atoms with van der Waals surface area (Å²) in [5.41, 5.74) is 5.23. The van der Waals surface area contributed by atoms with Crippen molar-refractivity contribution in [1.82, 2.24) is 5.32 Å². The Kier molecular flexibility index (Phi) is 4.62. The van der Waals surface area contributed by atoms with Crippen LogP contribution in [0.25, 0.3) is 0 Å². The molecule has 1 atom stereocenters. The summed E-state index contributed by atoms with van der Waals surface area (Å²) in [5, 5.41) is 2.40. The number of carbonyl (C=O) groups excluding carboxylic acids is 2. The van der Waals surface area contributed by atoms with E-state index in [0.717, 1.165) is 37.8 Å². The van der Waals surface area contributed by atoms with Gasteiger partial charge in [-0.05, 0) is 36.5 Å². The lowest BCUT2D eigenvalue weighted by Gasteiger charge is -2.36. The van der Waals surface area contributed by atoms with Crippen LogP contribution in [0.1, 0.15) is 36.8 Å². The molecule has 5 nitrogen and oxygen atoms in total. The largest absolute Gasteiger partial charge is 0.416 e. The maximum Gasteiger partial charge on any atom is 0.416 e. The first-order valence-electron chi connectivity index (χ1n) is 8.33. The van der Waals surface area contributed by atoms with Gasteiger partial charge in [0.2, 0.25) is 5.91 Å². The Morgan fingerprint density at radius 2 is 1.96 bits per heavy atom. The van der Waals surface area contributed by atoms with E-state index in [1.165, 1.54) is 11.0 Å². The monoisotopic (exact) mass is 355 g/mol. The number of carbonyl (C=O) groups is 2. The summed E-state index contributed by atoms with van der Waals surface area (Å²) < 4.78 is 39.2. The fourth-order valence-electron chi connectivity index (χ4n) is 3.70. The number of hydrogen-bond acceptors (Lipinski definition) is 2. The summed E-state index contributed by atoms with van der Waals surface area (Å²) in [5.74, 6) is -0.142. The number of anilines is 1. The number of fused-ring (bicyclic) bond motifs is 1. The van der Waals surface area contributed by atoms with Gasteiger partial charge >= 0.3 is 12.2 Å². The smallest absolute Gasteiger partial charge is 0.352 e. The molecule has 1 fully saturated rings. The predicted octanol–water partition coefficient (Wildman–Crippen LogP) is 2.82.